The third-order valence-electron chi connectivity index (χ3n) is 3.96. The lowest BCUT2D eigenvalue weighted by Gasteiger charge is -2.25. The van der Waals surface area contributed by atoms with Gasteiger partial charge in [-0.05, 0) is 32.3 Å². The number of nitrogens with one attached hydrogen (secondary N) is 1. The molecule has 1 fully saturated rings. The minimum atomic E-state index is -0.815. The van der Waals surface area contributed by atoms with Crippen molar-refractivity contribution in [2.75, 3.05) is 6.54 Å². The molecule has 0 radical (unpaired) electrons. The first-order chi connectivity index (χ1) is 8.88. The number of carbonyl (C=O) groups is 2. The lowest BCUT2D eigenvalue weighted by Crippen LogP contribution is -2.43. The third-order valence-corrected chi connectivity index (χ3v) is 3.96. The van der Waals surface area contributed by atoms with Crippen LogP contribution in [0.4, 0.5) is 0 Å². The monoisotopic (exact) mass is 261 g/mol. The smallest absolute Gasteiger partial charge is 0.311 e. The van der Waals surface area contributed by atoms with Gasteiger partial charge in [-0.1, -0.05) is 30.3 Å². The molecule has 0 heterocycles. The van der Waals surface area contributed by atoms with E-state index in [1.807, 2.05) is 44.2 Å². The van der Waals surface area contributed by atoms with Gasteiger partial charge in [0.15, 0.2) is 0 Å². The maximum atomic E-state index is 12.3. The maximum Gasteiger partial charge on any atom is 0.311 e. The molecule has 1 aromatic carbocycles. The molecule has 2 N–H and O–H groups in total. The zero-order valence-electron chi connectivity index (χ0n) is 11.3. The number of rotatable bonds is 5. The second-order valence-corrected chi connectivity index (χ2v) is 5.76. The van der Waals surface area contributed by atoms with E-state index in [1.54, 1.807) is 0 Å². The molecule has 4 heteroatoms. The molecule has 0 bridgehead atoms. The Hall–Kier alpha value is -1.84. The van der Waals surface area contributed by atoms with Gasteiger partial charge in [0.1, 0.15) is 0 Å². The van der Waals surface area contributed by atoms with Gasteiger partial charge in [0.25, 0.3) is 0 Å². The molecule has 0 saturated heterocycles. The second-order valence-electron chi connectivity index (χ2n) is 5.76. The van der Waals surface area contributed by atoms with Crippen molar-refractivity contribution >= 4 is 11.9 Å². The van der Waals surface area contributed by atoms with Crippen molar-refractivity contribution in [3.63, 3.8) is 0 Å². The summed E-state index contributed by atoms with van der Waals surface area (Å²) >= 11 is 0. The highest BCUT2D eigenvalue weighted by Crippen LogP contribution is 2.45. The van der Waals surface area contributed by atoms with E-state index in [0.29, 0.717) is 12.8 Å². The summed E-state index contributed by atoms with van der Waals surface area (Å²) in [6.07, 6.45) is 1.29. The molecule has 1 aliphatic carbocycles. The van der Waals surface area contributed by atoms with Gasteiger partial charge in [0, 0.05) is 6.54 Å². The van der Waals surface area contributed by atoms with Gasteiger partial charge in [0.2, 0.25) is 5.91 Å². The molecule has 102 valence electrons. The van der Waals surface area contributed by atoms with E-state index >= 15 is 0 Å². The Bertz CT molecular complexity index is 489. The van der Waals surface area contributed by atoms with Crippen LogP contribution in [0.25, 0.3) is 0 Å². The zero-order valence-corrected chi connectivity index (χ0v) is 11.3. The Morgan fingerprint density at radius 3 is 2.32 bits per heavy atom. The van der Waals surface area contributed by atoms with Crippen LogP contribution in [0.5, 0.6) is 0 Å². The summed E-state index contributed by atoms with van der Waals surface area (Å²) in [4.78, 5) is 23.3. The first-order valence-electron chi connectivity index (χ1n) is 6.46. The van der Waals surface area contributed by atoms with Crippen LogP contribution < -0.4 is 5.32 Å². The molecule has 1 aliphatic rings. The van der Waals surface area contributed by atoms with Gasteiger partial charge in [0.05, 0.1) is 10.8 Å². The van der Waals surface area contributed by atoms with E-state index in [4.69, 9.17) is 5.11 Å². The third kappa shape index (κ3) is 2.62. The fourth-order valence-corrected chi connectivity index (χ4v) is 2.07. The number of amides is 1. The Morgan fingerprint density at radius 1 is 1.26 bits per heavy atom. The Balaban J connectivity index is 2.02. The van der Waals surface area contributed by atoms with Crippen LogP contribution in [0.1, 0.15) is 32.3 Å². The normalized spacial score (nSPS) is 16.7. The molecular formula is C15H19NO3. The van der Waals surface area contributed by atoms with Gasteiger partial charge < -0.3 is 10.4 Å². The number of carboxylic acids is 1. The zero-order chi connectivity index (χ0) is 14.1. The fraction of sp³-hybridized carbons (Fsp3) is 0.467. The molecular weight excluding hydrogens is 242 g/mol. The molecule has 0 aromatic heterocycles. The van der Waals surface area contributed by atoms with E-state index in [-0.39, 0.29) is 12.5 Å². The largest absolute Gasteiger partial charge is 0.481 e. The Morgan fingerprint density at radius 2 is 1.84 bits per heavy atom. The molecule has 19 heavy (non-hydrogen) atoms. The number of hydrogen-bond acceptors (Lipinski definition) is 2. The highest BCUT2D eigenvalue weighted by Gasteiger charge is 2.50. The predicted octanol–water partition coefficient (Wildman–Crippen LogP) is 1.95. The summed E-state index contributed by atoms with van der Waals surface area (Å²) in [6, 6.07) is 9.50. The van der Waals surface area contributed by atoms with Gasteiger partial charge in [-0.15, -0.1) is 0 Å². The van der Waals surface area contributed by atoms with E-state index in [1.165, 1.54) is 0 Å². The molecule has 0 unspecified atom stereocenters. The minimum Gasteiger partial charge on any atom is -0.481 e. The van der Waals surface area contributed by atoms with Crippen LogP contribution in [-0.4, -0.2) is 23.5 Å². The number of hydrogen-bond donors (Lipinski definition) is 2. The van der Waals surface area contributed by atoms with Crippen LogP contribution in [0.15, 0.2) is 30.3 Å². The van der Waals surface area contributed by atoms with Crippen LogP contribution in [-0.2, 0) is 15.0 Å². The van der Waals surface area contributed by atoms with Gasteiger partial charge in [-0.2, -0.15) is 0 Å². The summed E-state index contributed by atoms with van der Waals surface area (Å²) in [7, 11) is 0. The first kappa shape index (κ1) is 13.6. The van der Waals surface area contributed by atoms with Crippen LogP contribution in [0.2, 0.25) is 0 Å². The summed E-state index contributed by atoms with van der Waals surface area (Å²) in [5.41, 5.74) is -0.453. The first-order valence-corrected chi connectivity index (χ1v) is 6.46. The SMILES string of the molecule is CC(C)(C(=O)NCC1(C(=O)O)CC1)c1ccccc1. The average molecular weight is 261 g/mol. The molecule has 0 spiro atoms. The molecule has 1 aromatic rings. The quantitative estimate of drug-likeness (QED) is 0.851. The van der Waals surface area contributed by atoms with Crippen LogP contribution in [0.3, 0.4) is 0 Å². The molecule has 1 amide bonds. The van der Waals surface area contributed by atoms with Crippen molar-refractivity contribution in [1.29, 1.82) is 0 Å². The maximum absolute atomic E-state index is 12.3. The molecule has 1 saturated carbocycles. The standard InChI is InChI=1S/C15H19NO3/c1-14(2,11-6-4-3-5-7-11)12(17)16-10-15(8-9-15)13(18)19/h3-7H,8-10H2,1-2H3,(H,16,17)(H,18,19). The molecule has 0 atom stereocenters. The summed E-state index contributed by atoms with van der Waals surface area (Å²) in [5, 5.41) is 11.9. The van der Waals surface area contributed by atoms with Crippen molar-refractivity contribution in [1.82, 2.24) is 5.32 Å². The topological polar surface area (TPSA) is 66.4 Å². The molecule has 2 rings (SSSR count). The van der Waals surface area contributed by atoms with E-state index in [2.05, 4.69) is 5.32 Å². The lowest BCUT2D eigenvalue weighted by atomic mass is 9.83. The van der Waals surface area contributed by atoms with Gasteiger partial charge in [-0.3, -0.25) is 9.59 Å². The molecule has 0 aliphatic heterocycles. The van der Waals surface area contributed by atoms with Crippen LogP contribution >= 0.6 is 0 Å². The summed E-state index contributed by atoms with van der Waals surface area (Å²) in [6.45, 7) is 3.91. The van der Waals surface area contributed by atoms with E-state index in [0.717, 1.165) is 5.56 Å². The van der Waals surface area contributed by atoms with Crippen molar-refractivity contribution < 1.29 is 14.7 Å². The van der Waals surface area contributed by atoms with E-state index < -0.39 is 16.8 Å². The summed E-state index contributed by atoms with van der Waals surface area (Å²) in [5.74, 6) is -0.948. The Labute approximate surface area is 112 Å². The average Bonchev–Trinajstić information content (AvgIpc) is 3.18. The summed E-state index contributed by atoms with van der Waals surface area (Å²) < 4.78 is 0. The van der Waals surface area contributed by atoms with Crippen molar-refractivity contribution in [3.8, 4) is 0 Å². The second kappa shape index (κ2) is 4.68. The number of carboxylic acid groups (broad SMARTS) is 1. The van der Waals surface area contributed by atoms with Crippen molar-refractivity contribution in [2.24, 2.45) is 5.41 Å². The Kier molecular flexibility index (Phi) is 3.35. The highest BCUT2D eigenvalue weighted by molar-refractivity contribution is 5.88. The van der Waals surface area contributed by atoms with Crippen LogP contribution in [0, 0.1) is 5.41 Å². The number of aliphatic carboxylic acids is 1. The predicted molar refractivity (Wildman–Crippen MR) is 71.8 cm³/mol. The van der Waals surface area contributed by atoms with Gasteiger partial charge in [-0.25, -0.2) is 0 Å². The van der Waals surface area contributed by atoms with Gasteiger partial charge >= 0.3 is 5.97 Å². The van der Waals surface area contributed by atoms with Crippen molar-refractivity contribution in [2.45, 2.75) is 32.1 Å². The lowest BCUT2D eigenvalue weighted by molar-refractivity contribution is -0.143. The fourth-order valence-electron chi connectivity index (χ4n) is 2.07. The van der Waals surface area contributed by atoms with E-state index in [9.17, 15) is 9.59 Å². The minimum absolute atomic E-state index is 0.133. The number of carbonyl (C=O) groups excluding carboxylic acids is 1. The van der Waals surface area contributed by atoms with Crippen molar-refractivity contribution in [3.05, 3.63) is 35.9 Å². The number of benzene rings is 1. The molecule has 4 nitrogen and oxygen atoms in total. The highest BCUT2D eigenvalue weighted by atomic mass is 16.4.